The van der Waals surface area contributed by atoms with E-state index in [1.807, 2.05) is 30.3 Å². The van der Waals surface area contributed by atoms with Gasteiger partial charge in [-0.2, -0.15) is 4.68 Å². The molecule has 24 heavy (non-hydrogen) atoms. The zero-order valence-corrected chi connectivity index (χ0v) is 13.3. The number of carbonyl (C=O) groups is 2. The Morgan fingerprint density at radius 3 is 2.62 bits per heavy atom. The Bertz CT molecular complexity index is 757. The fourth-order valence-electron chi connectivity index (χ4n) is 2.54. The molecule has 0 saturated carbocycles. The SMILES string of the molecule is CCOC(=O)n1nc(N)c2c1CN(C(=O)OCc1ccccc1)C2. The van der Waals surface area contributed by atoms with Gasteiger partial charge < -0.3 is 15.2 Å². The molecule has 2 N–H and O–H groups in total. The van der Waals surface area contributed by atoms with Gasteiger partial charge in [-0.05, 0) is 12.5 Å². The van der Waals surface area contributed by atoms with E-state index in [0.717, 1.165) is 10.2 Å². The molecule has 0 fully saturated rings. The number of hydrogen-bond acceptors (Lipinski definition) is 6. The molecular weight excluding hydrogens is 312 g/mol. The van der Waals surface area contributed by atoms with Gasteiger partial charge >= 0.3 is 12.2 Å². The fourth-order valence-corrected chi connectivity index (χ4v) is 2.54. The van der Waals surface area contributed by atoms with E-state index >= 15 is 0 Å². The van der Waals surface area contributed by atoms with Crippen LogP contribution in [0.4, 0.5) is 15.4 Å². The molecule has 1 aliphatic heterocycles. The van der Waals surface area contributed by atoms with Gasteiger partial charge in [0.1, 0.15) is 6.61 Å². The number of benzene rings is 1. The lowest BCUT2D eigenvalue weighted by atomic mass is 10.2. The number of hydrogen-bond donors (Lipinski definition) is 1. The van der Waals surface area contributed by atoms with Crippen LogP contribution in [0.2, 0.25) is 0 Å². The van der Waals surface area contributed by atoms with Gasteiger partial charge in [-0.1, -0.05) is 30.3 Å². The highest BCUT2D eigenvalue weighted by Gasteiger charge is 2.32. The number of carbonyl (C=O) groups excluding carboxylic acids is 2. The van der Waals surface area contributed by atoms with Crippen LogP contribution >= 0.6 is 0 Å². The summed E-state index contributed by atoms with van der Waals surface area (Å²) >= 11 is 0. The molecule has 0 bridgehead atoms. The number of anilines is 1. The van der Waals surface area contributed by atoms with E-state index in [0.29, 0.717) is 11.3 Å². The first-order chi connectivity index (χ1) is 11.6. The number of fused-ring (bicyclic) bond motifs is 1. The quantitative estimate of drug-likeness (QED) is 0.925. The van der Waals surface area contributed by atoms with Crippen molar-refractivity contribution in [2.24, 2.45) is 0 Å². The number of rotatable bonds is 3. The summed E-state index contributed by atoms with van der Waals surface area (Å²) in [6.45, 7) is 2.58. The van der Waals surface area contributed by atoms with Gasteiger partial charge in [0, 0.05) is 5.56 Å². The molecule has 1 aliphatic rings. The predicted molar refractivity (Wildman–Crippen MR) is 84.9 cm³/mol. The molecule has 1 aromatic carbocycles. The molecule has 0 spiro atoms. The molecule has 0 radical (unpaired) electrons. The normalized spacial score (nSPS) is 12.8. The number of ether oxygens (including phenoxy) is 2. The molecule has 126 valence electrons. The van der Waals surface area contributed by atoms with Crippen LogP contribution in [0.1, 0.15) is 23.7 Å². The van der Waals surface area contributed by atoms with Gasteiger partial charge in [0.05, 0.1) is 25.4 Å². The van der Waals surface area contributed by atoms with Crippen LogP contribution in [0.3, 0.4) is 0 Å². The minimum Gasteiger partial charge on any atom is -0.448 e. The highest BCUT2D eigenvalue weighted by atomic mass is 16.6. The van der Waals surface area contributed by atoms with Crippen molar-refractivity contribution in [2.45, 2.75) is 26.6 Å². The number of nitrogen functional groups attached to an aromatic ring is 1. The van der Waals surface area contributed by atoms with Crippen molar-refractivity contribution in [3.05, 3.63) is 47.2 Å². The molecule has 1 aromatic heterocycles. The molecule has 0 aliphatic carbocycles. The van der Waals surface area contributed by atoms with Crippen molar-refractivity contribution < 1.29 is 19.1 Å². The number of aromatic nitrogens is 2. The van der Waals surface area contributed by atoms with Crippen molar-refractivity contribution in [1.82, 2.24) is 14.7 Å². The van der Waals surface area contributed by atoms with E-state index in [2.05, 4.69) is 5.10 Å². The first-order valence-corrected chi connectivity index (χ1v) is 7.59. The summed E-state index contributed by atoms with van der Waals surface area (Å²) in [6, 6.07) is 9.41. The molecule has 0 unspecified atom stereocenters. The van der Waals surface area contributed by atoms with Gasteiger partial charge in [-0.15, -0.1) is 5.10 Å². The smallest absolute Gasteiger partial charge is 0.435 e. The molecular formula is C16H18N4O4. The van der Waals surface area contributed by atoms with Gasteiger partial charge in [-0.25, -0.2) is 9.59 Å². The zero-order valence-electron chi connectivity index (χ0n) is 13.3. The van der Waals surface area contributed by atoms with Crippen LogP contribution < -0.4 is 5.73 Å². The summed E-state index contributed by atoms with van der Waals surface area (Å²) in [6.07, 6.45) is -1.07. The lowest BCUT2D eigenvalue weighted by molar-refractivity contribution is 0.0944. The standard InChI is InChI=1S/C16H18N4O4/c1-2-23-16(22)20-13-9-19(8-12(13)14(17)18-20)15(21)24-10-11-6-4-3-5-7-11/h3-7H,2,8-10H2,1H3,(H2,17,18). The third-order valence-corrected chi connectivity index (χ3v) is 3.71. The third-order valence-electron chi connectivity index (χ3n) is 3.71. The summed E-state index contributed by atoms with van der Waals surface area (Å²) in [5.74, 6) is 0.219. The van der Waals surface area contributed by atoms with Gasteiger partial charge in [0.2, 0.25) is 0 Å². The highest BCUT2D eigenvalue weighted by Crippen LogP contribution is 2.28. The van der Waals surface area contributed by atoms with Crippen LogP contribution in [0.15, 0.2) is 30.3 Å². The predicted octanol–water partition coefficient (Wildman–Crippen LogP) is 2.12. The topological polar surface area (TPSA) is 99.7 Å². The largest absolute Gasteiger partial charge is 0.448 e. The average molecular weight is 330 g/mol. The van der Waals surface area contributed by atoms with E-state index in [1.165, 1.54) is 4.90 Å². The van der Waals surface area contributed by atoms with Crippen molar-refractivity contribution in [2.75, 3.05) is 12.3 Å². The maximum atomic E-state index is 12.2. The molecule has 1 amide bonds. The Morgan fingerprint density at radius 1 is 1.17 bits per heavy atom. The molecule has 3 rings (SSSR count). The summed E-state index contributed by atoms with van der Waals surface area (Å²) in [4.78, 5) is 25.6. The highest BCUT2D eigenvalue weighted by molar-refractivity contribution is 5.74. The lowest BCUT2D eigenvalue weighted by Crippen LogP contribution is -2.28. The van der Waals surface area contributed by atoms with E-state index in [1.54, 1.807) is 6.92 Å². The molecule has 0 saturated heterocycles. The Morgan fingerprint density at radius 2 is 1.92 bits per heavy atom. The lowest BCUT2D eigenvalue weighted by Gasteiger charge is -2.16. The van der Waals surface area contributed by atoms with Crippen LogP contribution in [-0.2, 0) is 29.2 Å². The molecule has 8 nitrogen and oxygen atoms in total. The number of nitrogens with zero attached hydrogens (tertiary/aromatic N) is 3. The summed E-state index contributed by atoms with van der Waals surface area (Å²) in [5.41, 5.74) is 7.95. The van der Waals surface area contributed by atoms with Gasteiger partial charge in [0.15, 0.2) is 5.82 Å². The van der Waals surface area contributed by atoms with Crippen molar-refractivity contribution in [1.29, 1.82) is 0 Å². The first kappa shape index (κ1) is 15.9. The maximum Gasteiger partial charge on any atom is 0.435 e. The Kier molecular flexibility index (Phi) is 4.37. The van der Waals surface area contributed by atoms with Crippen molar-refractivity contribution >= 4 is 18.0 Å². The van der Waals surface area contributed by atoms with E-state index < -0.39 is 12.2 Å². The van der Waals surface area contributed by atoms with E-state index in [9.17, 15) is 9.59 Å². The summed E-state index contributed by atoms with van der Waals surface area (Å²) < 4.78 is 11.3. The number of nitrogens with two attached hydrogens (primary N) is 1. The third kappa shape index (κ3) is 3.03. The Labute approximate surface area is 138 Å². The second kappa shape index (κ2) is 6.61. The van der Waals surface area contributed by atoms with Gasteiger partial charge in [0.25, 0.3) is 0 Å². The van der Waals surface area contributed by atoms with Crippen LogP contribution in [0.5, 0.6) is 0 Å². The van der Waals surface area contributed by atoms with Crippen LogP contribution in [0.25, 0.3) is 0 Å². The molecule has 2 heterocycles. The monoisotopic (exact) mass is 330 g/mol. The summed E-state index contributed by atoms with van der Waals surface area (Å²) in [7, 11) is 0. The van der Waals surface area contributed by atoms with E-state index in [-0.39, 0.29) is 32.1 Å². The Hall–Kier alpha value is -3.03. The van der Waals surface area contributed by atoms with Crippen molar-refractivity contribution in [3.8, 4) is 0 Å². The average Bonchev–Trinajstić information content (AvgIpc) is 3.15. The van der Waals surface area contributed by atoms with Crippen molar-refractivity contribution in [3.63, 3.8) is 0 Å². The minimum absolute atomic E-state index is 0.187. The minimum atomic E-state index is -0.607. The molecule has 8 heteroatoms. The maximum absolute atomic E-state index is 12.2. The zero-order chi connectivity index (χ0) is 17.1. The Balaban J connectivity index is 1.66. The van der Waals surface area contributed by atoms with Crippen LogP contribution in [-0.4, -0.2) is 33.5 Å². The van der Waals surface area contributed by atoms with Crippen LogP contribution in [0, 0.1) is 0 Å². The molecule has 2 aromatic rings. The first-order valence-electron chi connectivity index (χ1n) is 7.59. The van der Waals surface area contributed by atoms with E-state index in [4.69, 9.17) is 15.2 Å². The van der Waals surface area contributed by atoms with Gasteiger partial charge in [-0.3, -0.25) is 4.90 Å². The molecule has 0 atom stereocenters. The number of amides is 1. The second-order valence-electron chi connectivity index (χ2n) is 5.32. The fraction of sp³-hybridized carbons (Fsp3) is 0.312. The summed E-state index contributed by atoms with van der Waals surface area (Å²) in [5, 5.41) is 3.98. The second-order valence-corrected chi connectivity index (χ2v) is 5.32.